The average Bonchev–Trinajstić information content (AvgIpc) is 2.78. The SMILES string of the molecule is CCS(=O)(=O)N1CCN(Cc2ccc(C(=O)NCCSc3ccccc3)cc2)CC1. The predicted molar refractivity (Wildman–Crippen MR) is 122 cm³/mol. The van der Waals surface area contributed by atoms with Crippen molar-refractivity contribution in [1.82, 2.24) is 14.5 Å². The maximum atomic E-state index is 12.3. The minimum absolute atomic E-state index is 0.0615. The molecule has 1 aliphatic heterocycles. The van der Waals surface area contributed by atoms with Crippen LogP contribution in [0.3, 0.4) is 0 Å². The number of amides is 1. The molecule has 0 atom stereocenters. The number of hydrogen-bond donors (Lipinski definition) is 1. The van der Waals surface area contributed by atoms with Gasteiger partial charge in [0.1, 0.15) is 0 Å². The Bertz CT molecular complexity index is 910. The first-order chi connectivity index (χ1) is 14.5. The highest BCUT2D eigenvalue weighted by Gasteiger charge is 2.25. The lowest BCUT2D eigenvalue weighted by Crippen LogP contribution is -2.48. The number of piperazine rings is 1. The topological polar surface area (TPSA) is 69.7 Å². The zero-order valence-corrected chi connectivity index (χ0v) is 18.9. The van der Waals surface area contributed by atoms with Crippen molar-refractivity contribution in [3.05, 3.63) is 65.7 Å². The summed E-state index contributed by atoms with van der Waals surface area (Å²) < 4.78 is 25.5. The number of nitrogens with zero attached hydrogens (tertiary/aromatic N) is 2. The summed E-state index contributed by atoms with van der Waals surface area (Å²) in [5, 5.41) is 2.96. The first-order valence-corrected chi connectivity index (χ1v) is 12.8. The van der Waals surface area contributed by atoms with Crippen LogP contribution in [0.25, 0.3) is 0 Å². The van der Waals surface area contributed by atoms with Crippen molar-refractivity contribution >= 4 is 27.7 Å². The van der Waals surface area contributed by atoms with Gasteiger partial charge in [-0.15, -0.1) is 11.8 Å². The molecule has 0 saturated carbocycles. The van der Waals surface area contributed by atoms with Crippen molar-refractivity contribution in [3.63, 3.8) is 0 Å². The maximum absolute atomic E-state index is 12.3. The molecule has 0 aromatic heterocycles. The van der Waals surface area contributed by atoms with Gasteiger partial charge in [0.25, 0.3) is 5.91 Å². The lowest BCUT2D eigenvalue weighted by molar-refractivity contribution is 0.0956. The van der Waals surface area contributed by atoms with Crippen LogP contribution in [0.5, 0.6) is 0 Å². The molecule has 6 nitrogen and oxygen atoms in total. The largest absolute Gasteiger partial charge is 0.351 e. The van der Waals surface area contributed by atoms with E-state index in [1.165, 1.54) is 4.90 Å². The highest BCUT2D eigenvalue weighted by Crippen LogP contribution is 2.16. The second kappa shape index (κ2) is 10.9. The molecular formula is C22H29N3O3S2. The van der Waals surface area contributed by atoms with Gasteiger partial charge in [-0.3, -0.25) is 9.69 Å². The quantitative estimate of drug-likeness (QED) is 0.473. The van der Waals surface area contributed by atoms with Gasteiger partial charge in [-0.2, -0.15) is 4.31 Å². The van der Waals surface area contributed by atoms with Crippen LogP contribution in [0, 0.1) is 0 Å². The summed E-state index contributed by atoms with van der Waals surface area (Å²) in [5.74, 6) is 0.920. The molecule has 1 heterocycles. The summed E-state index contributed by atoms with van der Waals surface area (Å²) >= 11 is 1.72. The molecule has 8 heteroatoms. The Morgan fingerprint density at radius 2 is 1.67 bits per heavy atom. The van der Waals surface area contributed by atoms with Crippen LogP contribution in [0.15, 0.2) is 59.5 Å². The van der Waals surface area contributed by atoms with E-state index < -0.39 is 10.0 Å². The van der Waals surface area contributed by atoms with Crippen LogP contribution < -0.4 is 5.32 Å². The van der Waals surface area contributed by atoms with Crippen molar-refractivity contribution in [1.29, 1.82) is 0 Å². The summed E-state index contributed by atoms with van der Waals surface area (Å²) in [5.41, 5.74) is 1.78. The molecular weight excluding hydrogens is 418 g/mol. The Balaban J connectivity index is 1.41. The molecule has 0 aliphatic carbocycles. The van der Waals surface area contributed by atoms with Crippen molar-refractivity contribution in [3.8, 4) is 0 Å². The second-order valence-corrected chi connectivity index (χ2v) is 10.6. The van der Waals surface area contributed by atoms with Crippen molar-refractivity contribution in [2.24, 2.45) is 0 Å². The third kappa shape index (κ3) is 6.57. The van der Waals surface area contributed by atoms with E-state index in [1.54, 1.807) is 23.0 Å². The molecule has 0 unspecified atom stereocenters. The van der Waals surface area contributed by atoms with Gasteiger partial charge in [-0.1, -0.05) is 30.3 Å². The van der Waals surface area contributed by atoms with E-state index in [-0.39, 0.29) is 11.7 Å². The van der Waals surface area contributed by atoms with E-state index >= 15 is 0 Å². The molecule has 0 bridgehead atoms. The predicted octanol–water partition coefficient (Wildman–Crippen LogP) is 2.68. The number of carbonyl (C=O) groups is 1. The maximum Gasteiger partial charge on any atom is 0.251 e. The third-order valence-corrected chi connectivity index (χ3v) is 8.01. The zero-order chi connectivity index (χ0) is 21.4. The van der Waals surface area contributed by atoms with Crippen LogP contribution >= 0.6 is 11.8 Å². The normalized spacial score (nSPS) is 15.8. The molecule has 1 aliphatic rings. The van der Waals surface area contributed by atoms with Crippen LogP contribution in [0.2, 0.25) is 0 Å². The fourth-order valence-electron chi connectivity index (χ4n) is 3.32. The Morgan fingerprint density at radius 1 is 1.00 bits per heavy atom. The molecule has 3 rings (SSSR count). The fourth-order valence-corrected chi connectivity index (χ4v) is 5.19. The molecule has 2 aromatic rings. The number of sulfonamides is 1. The van der Waals surface area contributed by atoms with E-state index in [0.717, 1.165) is 31.0 Å². The Hall–Kier alpha value is -1.87. The van der Waals surface area contributed by atoms with Gasteiger partial charge in [-0.25, -0.2) is 8.42 Å². The summed E-state index contributed by atoms with van der Waals surface area (Å²) in [4.78, 5) is 15.8. The van der Waals surface area contributed by atoms with E-state index in [2.05, 4.69) is 22.3 Å². The number of nitrogens with one attached hydrogen (secondary N) is 1. The number of hydrogen-bond acceptors (Lipinski definition) is 5. The number of carbonyl (C=O) groups excluding carboxylic acids is 1. The monoisotopic (exact) mass is 447 g/mol. The van der Waals surface area contributed by atoms with Gasteiger partial charge in [0.05, 0.1) is 5.75 Å². The highest BCUT2D eigenvalue weighted by molar-refractivity contribution is 7.99. The van der Waals surface area contributed by atoms with Crippen LogP contribution in [-0.4, -0.2) is 67.8 Å². The standard InChI is InChI=1S/C22H29N3O3S2/c1-2-30(27,28)25-15-13-24(14-16-25)18-19-8-10-20(11-9-19)22(26)23-12-17-29-21-6-4-3-5-7-21/h3-11H,2,12-18H2,1H3,(H,23,26). The number of rotatable bonds is 9. The van der Waals surface area contributed by atoms with E-state index in [9.17, 15) is 13.2 Å². The van der Waals surface area contributed by atoms with Crippen LogP contribution in [-0.2, 0) is 16.6 Å². The summed E-state index contributed by atoms with van der Waals surface area (Å²) in [6.45, 7) is 5.58. The molecule has 1 amide bonds. The molecule has 2 aromatic carbocycles. The zero-order valence-electron chi connectivity index (χ0n) is 17.3. The molecule has 1 N–H and O–H groups in total. The van der Waals surface area contributed by atoms with Crippen LogP contribution in [0.4, 0.5) is 0 Å². The Morgan fingerprint density at radius 3 is 2.30 bits per heavy atom. The molecule has 162 valence electrons. The highest BCUT2D eigenvalue weighted by atomic mass is 32.2. The lowest BCUT2D eigenvalue weighted by Gasteiger charge is -2.33. The van der Waals surface area contributed by atoms with Gasteiger partial charge in [0.2, 0.25) is 10.0 Å². The van der Waals surface area contributed by atoms with Crippen LogP contribution in [0.1, 0.15) is 22.8 Å². The minimum atomic E-state index is -3.10. The van der Waals surface area contributed by atoms with E-state index in [4.69, 9.17) is 0 Å². The molecule has 0 spiro atoms. The van der Waals surface area contributed by atoms with E-state index in [1.807, 2.05) is 42.5 Å². The summed E-state index contributed by atoms with van der Waals surface area (Å²) in [6, 6.07) is 17.8. The van der Waals surface area contributed by atoms with Crippen molar-refractivity contribution in [2.45, 2.75) is 18.4 Å². The lowest BCUT2D eigenvalue weighted by atomic mass is 10.1. The van der Waals surface area contributed by atoms with Gasteiger partial charge in [0, 0.05) is 55.5 Å². The number of benzene rings is 2. The number of thioether (sulfide) groups is 1. The molecule has 30 heavy (non-hydrogen) atoms. The molecule has 0 radical (unpaired) electrons. The van der Waals surface area contributed by atoms with Gasteiger partial charge >= 0.3 is 0 Å². The molecule has 1 fully saturated rings. The smallest absolute Gasteiger partial charge is 0.251 e. The van der Waals surface area contributed by atoms with Crippen molar-refractivity contribution in [2.75, 3.05) is 44.2 Å². The summed E-state index contributed by atoms with van der Waals surface area (Å²) in [7, 11) is -3.10. The first-order valence-electron chi connectivity index (χ1n) is 10.2. The van der Waals surface area contributed by atoms with E-state index in [0.29, 0.717) is 25.2 Å². The molecule has 1 saturated heterocycles. The minimum Gasteiger partial charge on any atom is -0.351 e. The van der Waals surface area contributed by atoms with Crippen molar-refractivity contribution < 1.29 is 13.2 Å². The first kappa shape index (κ1) is 22.8. The summed E-state index contributed by atoms with van der Waals surface area (Å²) in [6.07, 6.45) is 0. The second-order valence-electron chi connectivity index (χ2n) is 7.19. The fraction of sp³-hybridized carbons (Fsp3) is 0.409. The Kier molecular flexibility index (Phi) is 8.32. The van der Waals surface area contributed by atoms with Gasteiger partial charge < -0.3 is 5.32 Å². The van der Waals surface area contributed by atoms with Gasteiger partial charge in [-0.05, 0) is 36.8 Å². The third-order valence-electron chi connectivity index (χ3n) is 5.11. The Labute approximate surface area is 183 Å². The average molecular weight is 448 g/mol. The van der Waals surface area contributed by atoms with Gasteiger partial charge in [0.15, 0.2) is 0 Å².